The van der Waals surface area contributed by atoms with Crippen molar-refractivity contribution in [1.82, 2.24) is 9.30 Å². The molecular formula is C26H32N2O4. The Morgan fingerprint density at radius 1 is 1.06 bits per heavy atom. The molecule has 6 heteroatoms. The SMILES string of the molecule is COc1cccc(-c2cc3cc(C(=O)OC(C)C)c(C)c(C(C)N4CCOCC4)n3c2)c1. The summed E-state index contributed by atoms with van der Waals surface area (Å²) in [6.07, 6.45) is 1.98. The molecule has 1 aliphatic heterocycles. The number of fused-ring (bicyclic) bond motifs is 1. The van der Waals surface area contributed by atoms with Gasteiger partial charge in [0.2, 0.25) is 0 Å². The summed E-state index contributed by atoms with van der Waals surface area (Å²) in [5, 5.41) is 0. The number of esters is 1. The van der Waals surface area contributed by atoms with Crippen LogP contribution < -0.4 is 4.74 Å². The minimum Gasteiger partial charge on any atom is -0.497 e. The van der Waals surface area contributed by atoms with E-state index in [1.54, 1.807) is 7.11 Å². The van der Waals surface area contributed by atoms with E-state index in [1.165, 1.54) is 0 Å². The lowest BCUT2D eigenvalue weighted by Crippen LogP contribution is -2.39. The number of hydrogen-bond donors (Lipinski definition) is 0. The third-order valence-electron chi connectivity index (χ3n) is 6.14. The predicted molar refractivity (Wildman–Crippen MR) is 125 cm³/mol. The second-order valence-electron chi connectivity index (χ2n) is 8.60. The van der Waals surface area contributed by atoms with Crippen molar-refractivity contribution in [3.8, 4) is 16.9 Å². The Morgan fingerprint density at radius 2 is 1.81 bits per heavy atom. The number of benzene rings is 1. The summed E-state index contributed by atoms with van der Waals surface area (Å²) < 4.78 is 18.8. The Labute approximate surface area is 189 Å². The molecule has 1 unspecified atom stereocenters. The third kappa shape index (κ3) is 4.38. The molecule has 1 atom stereocenters. The largest absolute Gasteiger partial charge is 0.497 e. The maximum Gasteiger partial charge on any atom is 0.338 e. The van der Waals surface area contributed by atoms with Crippen LogP contribution in [0.3, 0.4) is 0 Å². The van der Waals surface area contributed by atoms with E-state index >= 15 is 0 Å². The fourth-order valence-corrected chi connectivity index (χ4v) is 4.48. The van der Waals surface area contributed by atoms with Crippen molar-refractivity contribution >= 4 is 11.5 Å². The van der Waals surface area contributed by atoms with Crippen LogP contribution in [0.15, 0.2) is 42.6 Å². The lowest BCUT2D eigenvalue weighted by molar-refractivity contribution is 0.0186. The molecule has 0 amide bonds. The summed E-state index contributed by atoms with van der Waals surface area (Å²) >= 11 is 0. The lowest BCUT2D eigenvalue weighted by atomic mass is 10.0. The van der Waals surface area contributed by atoms with Crippen LogP contribution in [0, 0.1) is 6.92 Å². The van der Waals surface area contributed by atoms with E-state index in [1.807, 2.05) is 45.0 Å². The summed E-state index contributed by atoms with van der Waals surface area (Å²) in [4.78, 5) is 15.4. The summed E-state index contributed by atoms with van der Waals surface area (Å²) in [5.74, 6) is 0.539. The molecule has 1 saturated heterocycles. The summed E-state index contributed by atoms with van der Waals surface area (Å²) in [6, 6.07) is 12.2. The summed E-state index contributed by atoms with van der Waals surface area (Å²) in [6.45, 7) is 11.2. The molecule has 4 rings (SSSR count). The molecule has 0 bridgehead atoms. The molecule has 0 N–H and O–H groups in total. The number of hydrogen-bond acceptors (Lipinski definition) is 5. The standard InChI is InChI=1S/C26H32N2O4/c1-17(2)32-26(29)24-15-22-13-21(20-7-6-8-23(14-20)30-5)16-28(22)25(18(24)3)19(4)27-9-11-31-12-10-27/h6-8,13-17,19H,9-12H2,1-5H3. The van der Waals surface area contributed by atoms with E-state index in [9.17, 15) is 4.79 Å². The second kappa shape index (κ2) is 9.35. The van der Waals surface area contributed by atoms with Crippen LogP contribution in [0.1, 0.15) is 48.4 Å². The van der Waals surface area contributed by atoms with Gasteiger partial charge in [-0.25, -0.2) is 4.79 Å². The van der Waals surface area contributed by atoms with Gasteiger partial charge in [0.15, 0.2) is 0 Å². The van der Waals surface area contributed by atoms with Crippen molar-refractivity contribution in [2.75, 3.05) is 33.4 Å². The molecule has 3 aromatic rings. The number of rotatable bonds is 6. The van der Waals surface area contributed by atoms with Crippen molar-refractivity contribution in [2.24, 2.45) is 0 Å². The number of nitrogens with zero attached hydrogens (tertiary/aromatic N) is 2. The van der Waals surface area contributed by atoms with Crippen molar-refractivity contribution in [3.63, 3.8) is 0 Å². The normalized spacial score (nSPS) is 15.8. The fourth-order valence-electron chi connectivity index (χ4n) is 4.48. The highest BCUT2D eigenvalue weighted by Gasteiger charge is 2.26. The number of pyridine rings is 1. The van der Waals surface area contributed by atoms with Crippen LogP contribution in [0.25, 0.3) is 16.6 Å². The van der Waals surface area contributed by atoms with Crippen LogP contribution in [0.2, 0.25) is 0 Å². The Balaban J connectivity index is 1.87. The molecule has 0 radical (unpaired) electrons. The van der Waals surface area contributed by atoms with Gasteiger partial charge in [-0.05, 0) is 63.1 Å². The quantitative estimate of drug-likeness (QED) is 0.516. The van der Waals surface area contributed by atoms with Gasteiger partial charge < -0.3 is 18.6 Å². The molecular weight excluding hydrogens is 404 g/mol. The van der Waals surface area contributed by atoms with E-state index < -0.39 is 0 Å². The van der Waals surface area contributed by atoms with Crippen LogP contribution in [-0.4, -0.2) is 54.8 Å². The van der Waals surface area contributed by atoms with Gasteiger partial charge in [-0.15, -0.1) is 0 Å². The van der Waals surface area contributed by atoms with Gasteiger partial charge in [0, 0.05) is 42.1 Å². The van der Waals surface area contributed by atoms with Crippen LogP contribution >= 0.6 is 0 Å². The molecule has 1 fully saturated rings. The molecule has 0 saturated carbocycles. The van der Waals surface area contributed by atoms with Crippen molar-refractivity contribution in [2.45, 2.75) is 39.8 Å². The topological polar surface area (TPSA) is 52.4 Å². The second-order valence-corrected chi connectivity index (χ2v) is 8.60. The minimum absolute atomic E-state index is 0.124. The highest BCUT2D eigenvalue weighted by Crippen LogP contribution is 2.33. The molecule has 0 spiro atoms. The Bertz CT molecular complexity index is 1110. The molecule has 6 nitrogen and oxygen atoms in total. The molecule has 1 aromatic carbocycles. The zero-order valence-electron chi connectivity index (χ0n) is 19.6. The number of morpholine rings is 1. The minimum atomic E-state index is -0.278. The average molecular weight is 437 g/mol. The monoisotopic (exact) mass is 436 g/mol. The summed E-state index contributed by atoms with van der Waals surface area (Å²) in [7, 11) is 1.67. The Hall–Kier alpha value is -2.83. The predicted octanol–water partition coefficient (Wildman–Crippen LogP) is 4.88. The van der Waals surface area contributed by atoms with E-state index in [0.29, 0.717) is 5.56 Å². The van der Waals surface area contributed by atoms with Gasteiger partial charge in [0.05, 0.1) is 32.0 Å². The molecule has 3 heterocycles. The first-order valence-electron chi connectivity index (χ1n) is 11.2. The first kappa shape index (κ1) is 22.4. The molecule has 32 heavy (non-hydrogen) atoms. The van der Waals surface area contributed by atoms with Crippen molar-refractivity contribution in [3.05, 3.63) is 59.4 Å². The number of aromatic nitrogens is 1. The van der Waals surface area contributed by atoms with E-state index in [4.69, 9.17) is 14.2 Å². The van der Waals surface area contributed by atoms with Crippen LogP contribution in [0.5, 0.6) is 5.75 Å². The van der Waals surface area contributed by atoms with E-state index in [0.717, 1.165) is 60.0 Å². The maximum absolute atomic E-state index is 12.9. The zero-order valence-corrected chi connectivity index (χ0v) is 19.6. The smallest absolute Gasteiger partial charge is 0.338 e. The average Bonchev–Trinajstić information content (AvgIpc) is 3.22. The first-order valence-corrected chi connectivity index (χ1v) is 11.2. The van der Waals surface area contributed by atoms with Gasteiger partial charge in [-0.3, -0.25) is 4.90 Å². The summed E-state index contributed by atoms with van der Waals surface area (Å²) in [5.41, 5.74) is 5.80. The maximum atomic E-state index is 12.9. The van der Waals surface area contributed by atoms with Crippen molar-refractivity contribution < 1.29 is 19.0 Å². The molecule has 1 aliphatic rings. The Kier molecular flexibility index (Phi) is 6.53. The molecule has 170 valence electrons. The molecule has 0 aliphatic carbocycles. The van der Waals surface area contributed by atoms with Gasteiger partial charge in [0.25, 0.3) is 0 Å². The Morgan fingerprint density at radius 3 is 2.50 bits per heavy atom. The van der Waals surface area contributed by atoms with E-state index in [-0.39, 0.29) is 18.1 Å². The van der Waals surface area contributed by atoms with Gasteiger partial charge in [-0.1, -0.05) is 12.1 Å². The molecule has 2 aromatic heterocycles. The number of carbonyl (C=O) groups excluding carboxylic acids is 1. The van der Waals surface area contributed by atoms with Crippen LogP contribution in [-0.2, 0) is 9.47 Å². The highest BCUT2D eigenvalue weighted by molar-refractivity contribution is 5.93. The third-order valence-corrected chi connectivity index (χ3v) is 6.14. The van der Waals surface area contributed by atoms with Gasteiger partial charge in [0.1, 0.15) is 5.75 Å². The first-order chi connectivity index (χ1) is 15.4. The fraction of sp³-hybridized carbons (Fsp3) is 0.423. The van der Waals surface area contributed by atoms with Crippen LogP contribution in [0.4, 0.5) is 0 Å². The number of methoxy groups -OCH3 is 1. The number of ether oxygens (including phenoxy) is 3. The van der Waals surface area contributed by atoms with Crippen molar-refractivity contribution in [1.29, 1.82) is 0 Å². The zero-order chi connectivity index (χ0) is 22.8. The highest BCUT2D eigenvalue weighted by atomic mass is 16.5. The number of carbonyl (C=O) groups is 1. The van der Waals surface area contributed by atoms with E-state index in [2.05, 4.69) is 34.6 Å². The van der Waals surface area contributed by atoms with Gasteiger partial charge >= 0.3 is 5.97 Å². The van der Waals surface area contributed by atoms with Gasteiger partial charge in [-0.2, -0.15) is 0 Å². The lowest BCUT2D eigenvalue weighted by Gasteiger charge is -2.34.